The summed E-state index contributed by atoms with van der Waals surface area (Å²) in [6.45, 7) is 6.15. The summed E-state index contributed by atoms with van der Waals surface area (Å²) in [5.74, 6) is -1.84. The van der Waals surface area contributed by atoms with Crippen molar-refractivity contribution in [1.82, 2.24) is 16.0 Å². The number of Topliss-reactive ketones (excluding diaryl/α,β-unsaturated/α-hetero) is 1. The first kappa shape index (κ1) is 39.9. The van der Waals surface area contributed by atoms with Crippen molar-refractivity contribution in [3.05, 3.63) is 71.8 Å². The molecule has 12 heteroatoms. The highest BCUT2D eigenvalue weighted by atomic mass is 16.4. The van der Waals surface area contributed by atoms with Gasteiger partial charge >= 0.3 is 7.12 Å². The number of hydrogen-bond donors (Lipinski definition) is 7. The molecule has 1 saturated carbocycles. The van der Waals surface area contributed by atoms with E-state index in [9.17, 15) is 29.2 Å². The molecule has 1 aliphatic rings. The summed E-state index contributed by atoms with van der Waals surface area (Å²) in [6, 6.07) is 15.1. The van der Waals surface area contributed by atoms with Crippen LogP contribution in [-0.4, -0.2) is 71.4 Å². The van der Waals surface area contributed by atoms with Crippen LogP contribution in [-0.2, 0) is 32.0 Å². The summed E-state index contributed by atoms with van der Waals surface area (Å²) in [6.07, 6.45) is 4.51. The Morgan fingerprint density at radius 2 is 1.31 bits per heavy atom. The zero-order valence-corrected chi connectivity index (χ0v) is 29.3. The summed E-state index contributed by atoms with van der Waals surface area (Å²) >= 11 is 0. The first-order valence-electron chi connectivity index (χ1n) is 17.7. The Hall–Kier alpha value is -3.58. The highest BCUT2D eigenvalue weighted by molar-refractivity contribution is 6.45. The van der Waals surface area contributed by atoms with E-state index in [1.165, 1.54) is 0 Å². The van der Waals surface area contributed by atoms with Crippen molar-refractivity contribution in [2.24, 2.45) is 23.3 Å². The topological polar surface area (TPSA) is 197 Å². The van der Waals surface area contributed by atoms with Gasteiger partial charge in [-0.25, -0.2) is 0 Å². The molecule has 0 saturated heterocycles. The van der Waals surface area contributed by atoms with Crippen molar-refractivity contribution in [2.75, 3.05) is 6.54 Å². The van der Waals surface area contributed by atoms with Gasteiger partial charge in [-0.15, -0.1) is 0 Å². The molecule has 0 aliphatic heterocycles. The molecule has 1 fully saturated rings. The number of amides is 3. The molecule has 3 rings (SSSR count). The number of ketones is 1. The van der Waals surface area contributed by atoms with Crippen LogP contribution in [0, 0.1) is 11.8 Å². The summed E-state index contributed by atoms with van der Waals surface area (Å²) in [4.78, 5) is 54.8. The van der Waals surface area contributed by atoms with E-state index in [2.05, 4.69) is 16.0 Å². The smallest absolute Gasteiger partial charge is 0.427 e. The summed E-state index contributed by atoms with van der Waals surface area (Å²) in [5.41, 5.74) is 13.7. The maximum atomic E-state index is 13.9. The van der Waals surface area contributed by atoms with Crippen molar-refractivity contribution in [2.45, 2.75) is 114 Å². The van der Waals surface area contributed by atoms with E-state index in [0.717, 1.165) is 11.1 Å². The average molecular weight is 678 g/mol. The lowest BCUT2D eigenvalue weighted by atomic mass is 9.51. The fourth-order valence-corrected chi connectivity index (χ4v) is 6.43. The lowest BCUT2D eigenvalue weighted by molar-refractivity contribution is -0.134. The van der Waals surface area contributed by atoms with Crippen molar-refractivity contribution in [1.29, 1.82) is 0 Å². The van der Waals surface area contributed by atoms with Crippen LogP contribution in [0.3, 0.4) is 0 Å². The summed E-state index contributed by atoms with van der Waals surface area (Å²) in [7, 11) is -1.46. The quantitative estimate of drug-likeness (QED) is 0.0869. The number of carbonyl (C=O) groups excluding carboxylic acids is 4. The fraction of sp³-hybridized carbons (Fsp3) is 0.568. The molecule has 9 N–H and O–H groups in total. The minimum atomic E-state index is -1.46. The Morgan fingerprint density at radius 1 is 0.796 bits per heavy atom. The molecule has 0 unspecified atom stereocenters. The third-order valence-corrected chi connectivity index (χ3v) is 9.65. The van der Waals surface area contributed by atoms with E-state index in [1.807, 2.05) is 81.4 Å². The second-order valence-electron chi connectivity index (χ2n) is 14.3. The number of nitrogens with one attached hydrogen (secondary N) is 3. The number of nitrogens with two attached hydrogens (primary N) is 2. The van der Waals surface area contributed by atoms with Crippen molar-refractivity contribution in [3.8, 4) is 0 Å². The van der Waals surface area contributed by atoms with Gasteiger partial charge in [-0.1, -0.05) is 81.4 Å². The van der Waals surface area contributed by atoms with Crippen molar-refractivity contribution in [3.63, 3.8) is 0 Å². The van der Waals surface area contributed by atoms with Crippen LogP contribution >= 0.6 is 0 Å². The Kier molecular flexibility index (Phi) is 15.9. The Morgan fingerprint density at radius 3 is 1.84 bits per heavy atom. The Bertz CT molecular complexity index is 1340. The average Bonchev–Trinajstić information content (AvgIpc) is 3.07. The first-order valence-corrected chi connectivity index (χ1v) is 17.7. The molecule has 268 valence electrons. The zero-order chi connectivity index (χ0) is 36.0. The van der Waals surface area contributed by atoms with E-state index in [0.29, 0.717) is 64.3 Å². The molecule has 0 spiro atoms. The summed E-state index contributed by atoms with van der Waals surface area (Å²) in [5, 5.41) is 27.7. The van der Waals surface area contributed by atoms with Gasteiger partial charge in [-0.2, -0.15) is 0 Å². The van der Waals surface area contributed by atoms with Crippen LogP contribution in [0.4, 0.5) is 0 Å². The lowest BCUT2D eigenvalue weighted by Gasteiger charge is -2.37. The third-order valence-electron chi connectivity index (χ3n) is 9.65. The van der Waals surface area contributed by atoms with Gasteiger partial charge in [-0.3, -0.25) is 19.2 Å². The molecule has 1 aliphatic carbocycles. The number of benzene rings is 2. The molecule has 49 heavy (non-hydrogen) atoms. The largest absolute Gasteiger partial charge is 0.457 e. The Labute approximate surface area is 291 Å². The summed E-state index contributed by atoms with van der Waals surface area (Å²) < 4.78 is 0. The van der Waals surface area contributed by atoms with Crippen LogP contribution in [0.25, 0.3) is 0 Å². The predicted octanol–water partition coefficient (Wildman–Crippen LogP) is 2.42. The van der Waals surface area contributed by atoms with Gasteiger partial charge in [0.15, 0.2) is 5.78 Å². The van der Waals surface area contributed by atoms with Crippen LogP contribution in [0.5, 0.6) is 0 Å². The van der Waals surface area contributed by atoms with Crippen LogP contribution in [0.15, 0.2) is 60.7 Å². The zero-order valence-electron chi connectivity index (χ0n) is 29.3. The van der Waals surface area contributed by atoms with Gasteiger partial charge in [0.1, 0.15) is 12.1 Å². The molecule has 3 amide bonds. The normalized spacial score (nSPS) is 20.0. The maximum Gasteiger partial charge on any atom is 0.457 e. The maximum absolute atomic E-state index is 13.9. The van der Waals surface area contributed by atoms with E-state index >= 15 is 0 Å². The third kappa shape index (κ3) is 12.7. The van der Waals surface area contributed by atoms with E-state index in [4.69, 9.17) is 11.5 Å². The minimum absolute atomic E-state index is 0.0323. The van der Waals surface area contributed by atoms with Crippen LogP contribution in [0.1, 0.15) is 83.3 Å². The van der Waals surface area contributed by atoms with E-state index in [1.54, 1.807) is 0 Å². The molecular weight excluding hydrogens is 621 g/mol. The predicted molar refractivity (Wildman–Crippen MR) is 192 cm³/mol. The molecule has 2 aromatic rings. The monoisotopic (exact) mass is 677 g/mol. The first-order chi connectivity index (χ1) is 23.3. The van der Waals surface area contributed by atoms with Gasteiger partial charge in [0.25, 0.3) is 0 Å². The van der Waals surface area contributed by atoms with E-state index < -0.39 is 54.3 Å². The molecule has 11 nitrogen and oxygen atoms in total. The molecule has 0 radical (unpaired) electrons. The number of rotatable bonds is 19. The van der Waals surface area contributed by atoms with E-state index in [-0.39, 0.29) is 24.0 Å². The second kappa shape index (κ2) is 19.6. The minimum Gasteiger partial charge on any atom is -0.427 e. The second-order valence-corrected chi connectivity index (χ2v) is 14.3. The molecule has 2 aromatic carbocycles. The standard InChI is InChI=1S/C37H56BN5O6/c1-25(2)22-31(35(46)41-30(16-10-11-21-39)33(44)28-17-19-37(3,20-18-28)38(48)49)43-36(47)32(24-27-14-8-5-9-15-27)42-34(45)29(40)23-26-12-6-4-7-13-26/h4-9,12-15,25,28-32,48-49H,10-11,16-24,39-40H2,1-3H3,(H,41,46)(H,42,45)(H,43,47)/t28?,29-,30-,31-,32-,37?/m1/s1. The molecule has 0 aromatic heterocycles. The van der Waals surface area contributed by atoms with Crippen LogP contribution in [0.2, 0.25) is 5.31 Å². The van der Waals surface area contributed by atoms with Gasteiger partial charge in [-0.05, 0) is 81.4 Å². The number of unbranched alkanes of at least 4 members (excludes halogenated alkanes) is 1. The number of carbonyl (C=O) groups is 4. The van der Waals surface area contributed by atoms with Crippen LogP contribution < -0.4 is 27.4 Å². The van der Waals surface area contributed by atoms with Crippen molar-refractivity contribution >= 4 is 30.6 Å². The highest BCUT2D eigenvalue weighted by Gasteiger charge is 2.43. The van der Waals surface area contributed by atoms with Gasteiger partial charge < -0.3 is 37.5 Å². The highest BCUT2D eigenvalue weighted by Crippen LogP contribution is 2.46. The molecule has 0 heterocycles. The molecule has 0 bridgehead atoms. The SMILES string of the molecule is CC(C)C[C@@H](NC(=O)[C@@H](Cc1ccccc1)NC(=O)[C@H](N)Cc1ccccc1)C(=O)N[C@H](CCCCN)C(=O)C1CCC(C)(B(O)O)CC1. The van der Waals surface area contributed by atoms with Crippen molar-refractivity contribution < 1.29 is 29.2 Å². The molecular formula is C37H56BN5O6. The molecule has 4 atom stereocenters. The van der Waals surface area contributed by atoms with Gasteiger partial charge in [0.05, 0.1) is 12.1 Å². The fourth-order valence-electron chi connectivity index (χ4n) is 6.43. The van der Waals surface area contributed by atoms with Gasteiger partial charge in [0, 0.05) is 17.7 Å². The lowest BCUT2D eigenvalue weighted by Crippen LogP contribution is -2.58. The van der Waals surface area contributed by atoms with Gasteiger partial charge in [0.2, 0.25) is 17.7 Å². The Balaban J connectivity index is 1.76. The number of hydrogen-bond acceptors (Lipinski definition) is 8.